The number of para-hydroxylation sites is 1. The largest absolute Gasteiger partial charge is 0.486 e. The first-order chi connectivity index (χ1) is 10.8. The van der Waals surface area contributed by atoms with E-state index in [1.807, 2.05) is 48.5 Å². The van der Waals surface area contributed by atoms with Crippen molar-refractivity contribution < 1.29 is 9.53 Å². The van der Waals surface area contributed by atoms with Crippen LogP contribution < -0.4 is 10.1 Å². The van der Waals surface area contributed by atoms with Gasteiger partial charge in [-0.05, 0) is 24.3 Å². The molecule has 0 radical (unpaired) electrons. The summed E-state index contributed by atoms with van der Waals surface area (Å²) in [5.74, 6) is 0.569. The van der Waals surface area contributed by atoms with Crippen molar-refractivity contribution in [2.75, 3.05) is 5.32 Å². The van der Waals surface area contributed by atoms with Crippen LogP contribution >= 0.6 is 11.3 Å². The summed E-state index contributed by atoms with van der Waals surface area (Å²) in [7, 11) is 0. The lowest BCUT2D eigenvalue weighted by molar-refractivity contribution is 0.102. The van der Waals surface area contributed by atoms with Crippen molar-refractivity contribution in [2.24, 2.45) is 0 Å². The number of ether oxygens (including phenoxy) is 1. The minimum Gasteiger partial charge on any atom is -0.486 e. The van der Waals surface area contributed by atoms with E-state index in [0.29, 0.717) is 22.3 Å². The lowest BCUT2D eigenvalue weighted by Gasteiger charge is -2.02. The van der Waals surface area contributed by atoms with Gasteiger partial charge < -0.3 is 4.74 Å². The average Bonchev–Trinajstić information content (AvgIpc) is 3.02. The monoisotopic (exact) mass is 311 g/mol. The normalized spacial score (nSPS) is 10.2. The van der Waals surface area contributed by atoms with Crippen LogP contribution in [0.4, 0.5) is 5.13 Å². The first kappa shape index (κ1) is 14.2. The second-order valence-electron chi connectivity index (χ2n) is 4.42. The Kier molecular flexibility index (Phi) is 4.41. The molecular weight excluding hydrogens is 298 g/mol. The standard InChI is InChI=1S/C16H13N3O2S/c20-15(12-7-3-1-4-8-12)17-16-19-18-14(22-16)11-21-13-9-5-2-6-10-13/h1-10H,11H2,(H,17,19,20). The molecule has 3 rings (SSSR count). The van der Waals surface area contributed by atoms with Gasteiger partial charge >= 0.3 is 0 Å². The number of aromatic nitrogens is 2. The van der Waals surface area contributed by atoms with E-state index in [1.165, 1.54) is 11.3 Å². The number of anilines is 1. The number of carbonyl (C=O) groups excluding carboxylic acids is 1. The van der Waals surface area contributed by atoms with E-state index in [4.69, 9.17) is 4.74 Å². The van der Waals surface area contributed by atoms with Gasteiger partial charge in [-0.3, -0.25) is 10.1 Å². The van der Waals surface area contributed by atoms with Crippen molar-refractivity contribution in [1.29, 1.82) is 0 Å². The molecule has 0 saturated carbocycles. The minimum absolute atomic E-state index is 0.202. The summed E-state index contributed by atoms with van der Waals surface area (Å²) in [6, 6.07) is 18.5. The molecule has 3 aromatic rings. The van der Waals surface area contributed by atoms with Crippen LogP contribution in [0.5, 0.6) is 5.75 Å². The molecule has 110 valence electrons. The van der Waals surface area contributed by atoms with Crippen LogP contribution in [0.2, 0.25) is 0 Å². The lowest BCUT2D eigenvalue weighted by atomic mass is 10.2. The Bertz CT molecular complexity index is 744. The summed E-state index contributed by atoms with van der Waals surface area (Å²) in [4.78, 5) is 12.0. The molecule has 0 aliphatic carbocycles. The van der Waals surface area contributed by atoms with Crippen LogP contribution in [-0.4, -0.2) is 16.1 Å². The van der Waals surface area contributed by atoms with Gasteiger partial charge in [0.1, 0.15) is 12.4 Å². The maximum Gasteiger partial charge on any atom is 0.257 e. The van der Waals surface area contributed by atoms with Crippen LogP contribution in [0.1, 0.15) is 15.4 Å². The third kappa shape index (κ3) is 3.67. The molecule has 0 unspecified atom stereocenters. The quantitative estimate of drug-likeness (QED) is 0.784. The number of carbonyl (C=O) groups is 1. The number of nitrogens with zero attached hydrogens (tertiary/aromatic N) is 2. The zero-order chi connectivity index (χ0) is 15.2. The highest BCUT2D eigenvalue weighted by Gasteiger charge is 2.10. The fraction of sp³-hybridized carbons (Fsp3) is 0.0625. The Labute approximate surface area is 131 Å². The number of nitrogens with one attached hydrogen (secondary N) is 1. The summed E-state index contributed by atoms with van der Waals surface area (Å²) in [5, 5.41) is 11.8. The van der Waals surface area contributed by atoms with Gasteiger partial charge in [0.05, 0.1) is 0 Å². The molecular formula is C16H13N3O2S. The van der Waals surface area contributed by atoms with Crippen molar-refractivity contribution >= 4 is 22.4 Å². The molecule has 0 saturated heterocycles. The molecule has 0 atom stereocenters. The minimum atomic E-state index is -0.202. The zero-order valence-electron chi connectivity index (χ0n) is 11.6. The fourth-order valence-electron chi connectivity index (χ4n) is 1.78. The molecule has 2 aromatic carbocycles. The maximum atomic E-state index is 12.0. The molecule has 0 aliphatic heterocycles. The van der Waals surface area contributed by atoms with Gasteiger partial charge in [-0.25, -0.2) is 0 Å². The SMILES string of the molecule is O=C(Nc1nnc(COc2ccccc2)s1)c1ccccc1. The second-order valence-corrected chi connectivity index (χ2v) is 5.48. The maximum absolute atomic E-state index is 12.0. The van der Waals surface area contributed by atoms with Gasteiger partial charge in [0.25, 0.3) is 5.91 Å². The predicted octanol–water partition coefficient (Wildman–Crippen LogP) is 3.37. The fourth-order valence-corrected chi connectivity index (χ4v) is 2.43. The van der Waals surface area contributed by atoms with E-state index in [1.54, 1.807) is 12.1 Å². The first-order valence-corrected chi connectivity index (χ1v) is 7.49. The molecule has 5 nitrogen and oxygen atoms in total. The van der Waals surface area contributed by atoms with Gasteiger partial charge in [0.15, 0.2) is 5.01 Å². The summed E-state index contributed by atoms with van der Waals surface area (Å²) >= 11 is 1.30. The highest BCUT2D eigenvalue weighted by molar-refractivity contribution is 7.15. The predicted molar refractivity (Wildman–Crippen MR) is 85.1 cm³/mol. The summed E-state index contributed by atoms with van der Waals surface area (Å²) < 4.78 is 5.59. The highest BCUT2D eigenvalue weighted by atomic mass is 32.1. The van der Waals surface area contributed by atoms with Crippen molar-refractivity contribution in [2.45, 2.75) is 6.61 Å². The van der Waals surface area contributed by atoms with Crippen molar-refractivity contribution in [3.05, 3.63) is 71.2 Å². The molecule has 1 N–H and O–H groups in total. The van der Waals surface area contributed by atoms with Gasteiger partial charge in [-0.15, -0.1) is 10.2 Å². The number of hydrogen-bond donors (Lipinski definition) is 1. The molecule has 0 aliphatic rings. The number of rotatable bonds is 5. The molecule has 6 heteroatoms. The third-order valence-corrected chi connectivity index (χ3v) is 3.64. The number of amides is 1. The van der Waals surface area contributed by atoms with Crippen LogP contribution in [0.25, 0.3) is 0 Å². The molecule has 1 aromatic heterocycles. The lowest BCUT2D eigenvalue weighted by Crippen LogP contribution is -2.11. The van der Waals surface area contributed by atoms with Gasteiger partial charge in [-0.2, -0.15) is 0 Å². The topological polar surface area (TPSA) is 64.1 Å². The van der Waals surface area contributed by atoms with E-state index in [9.17, 15) is 4.79 Å². The Balaban J connectivity index is 1.58. The van der Waals surface area contributed by atoms with Crippen molar-refractivity contribution in [3.63, 3.8) is 0 Å². The Morgan fingerprint density at radius 2 is 1.68 bits per heavy atom. The molecule has 22 heavy (non-hydrogen) atoms. The molecule has 1 heterocycles. The van der Waals surface area contributed by atoms with Gasteiger partial charge in [0.2, 0.25) is 5.13 Å². The van der Waals surface area contributed by atoms with E-state index < -0.39 is 0 Å². The molecule has 0 spiro atoms. The van der Waals surface area contributed by atoms with E-state index >= 15 is 0 Å². The van der Waals surface area contributed by atoms with Gasteiger partial charge in [0, 0.05) is 5.56 Å². The highest BCUT2D eigenvalue weighted by Crippen LogP contribution is 2.18. The zero-order valence-corrected chi connectivity index (χ0v) is 12.4. The van der Waals surface area contributed by atoms with Crippen molar-refractivity contribution in [3.8, 4) is 5.75 Å². The van der Waals surface area contributed by atoms with Gasteiger partial charge in [-0.1, -0.05) is 47.7 Å². The molecule has 0 bridgehead atoms. The van der Waals surface area contributed by atoms with E-state index in [2.05, 4.69) is 15.5 Å². The van der Waals surface area contributed by atoms with E-state index in [-0.39, 0.29) is 5.91 Å². The van der Waals surface area contributed by atoms with Crippen LogP contribution in [0.15, 0.2) is 60.7 Å². The second kappa shape index (κ2) is 6.82. The first-order valence-electron chi connectivity index (χ1n) is 6.68. The van der Waals surface area contributed by atoms with Crippen LogP contribution in [0, 0.1) is 0 Å². The molecule has 0 fully saturated rings. The Morgan fingerprint density at radius 3 is 2.41 bits per heavy atom. The van der Waals surface area contributed by atoms with E-state index in [0.717, 1.165) is 5.75 Å². The Morgan fingerprint density at radius 1 is 1.00 bits per heavy atom. The van der Waals surface area contributed by atoms with Crippen LogP contribution in [-0.2, 0) is 6.61 Å². The van der Waals surface area contributed by atoms with Crippen LogP contribution in [0.3, 0.4) is 0 Å². The summed E-state index contributed by atoms with van der Waals surface area (Å²) in [6.07, 6.45) is 0. The average molecular weight is 311 g/mol. The molecule has 1 amide bonds. The summed E-state index contributed by atoms with van der Waals surface area (Å²) in [5.41, 5.74) is 0.583. The third-order valence-electron chi connectivity index (χ3n) is 2.83. The number of hydrogen-bond acceptors (Lipinski definition) is 5. The summed E-state index contributed by atoms with van der Waals surface area (Å²) in [6.45, 7) is 0.322. The number of benzene rings is 2. The Hall–Kier alpha value is -2.73. The smallest absolute Gasteiger partial charge is 0.257 e. The van der Waals surface area contributed by atoms with Crippen molar-refractivity contribution in [1.82, 2.24) is 10.2 Å².